The van der Waals surface area contributed by atoms with E-state index in [4.69, 9.17) is 0 Å². The molecule has 9 heteroatoms. The van der Waals surface area contributed by atoms with Crippen LogP contribution in [0.25, 0.3) is 10.6 Å². The van der Waals surface area contributed by atoms with E-state index in [-0.39, 0.29) is 11.9 Å². The van der Waals surface area contributed by atoms with Crippen molar-refractivity contribution in [2.45, 2.75) is 39.3 Å². The summed E-state index contributed by atoms with van der Waals surface area (Å²) in [6, 6.07) is 2.40. The zero-order valence-electron chi connectivity index (χ0n) is 16.3. The molecular formula is C19H24N6OS2. The van der Waals surface area contributed by atoms with Crippen molar-refractivity contribution in [3.63, 3.8) is 0 Å². The van der Waals surface area contributed by atoms with E-state index in [2.05, 4.69) is 31.3 Å². The molecular weight excluding hydrogens is 392 g/mol. The lowest BCUT2D eigenvalue weighted by Gasteiger charge is -2.32. The highest BCUT2D eigenvalue weighted by Crippen LogP contribution is 2.27. The molecule has 1 aliphatic rings. The van der Waals surface area contributed by atoms with Gasteiger partial charge in [-0.2, -0.15) is 5.10 Å². The minimum absolute atomic E-state index is 0.00894. The van der Waals surface area contributed by atoms with Crippen LogP contribution in [0, 0.1) is 13.8 Å². The number of carbonyl (C=O) groups excluding carboxylic acids is 1. The smallest absolute Gasteiger partial charge is 0.263 e. The Labute approximate surface area is 172 Å². The Morgan fingerprint density at radius 3 is 2.54 bits per heavy atom. The van der Waals surface area contributed by atoms with Crippen LogP contribution in [-0.4, -0.2) is 49.7 Å². The van der Waals surface area contributed by atoms with Crippen LogP contribution in [-0.2, 0) is 13.6 Å². The first-order chi connectivity index (χ1) is 13.5. The van der Waals surface area contributed by atoms with E-state index in [0.29, 0.717) is 0 Å². The molecule has 0 bridgehead atoms. The Bertz CT molecular complexity index is 967. The van der Waals surface area contributed by atoms with Crippen molar-refractivity contribution in [3.05, 3.63) is 39.0 Å². The van der Waals surface area contributed by atoms with E-state index in [1.165, 1.54) is 17.0 Å². The van der Waals surface area contributed by atoms with Crippen LogP contribution in [0.4, 0.5) is 0 Å². The summed E-state index contributed by atoms with van der Waals surface area (Å²) < 4.78 is 1.97. The second kappa shape index (κ2) is 8.10. The fourth-order valence-corrected chi connectivity index (χ4v) is 5.01. The van der Waals surface area contributed by atoms with Gasteiger partial charge in [0, 0.05) is 32.7 Å². The first-order valence-corrected chi connectivity index (χ1v) is 11.1. The monoisotopic (exact) mass is 416 g/mol. The van der Waals surface area contributed by atoms with E-state index >= 15 is 0 Å². The van der Waals surface area contributed by atoms with Gasteiger partial charge in [-0.1, -0.05) is 0 Å². The lowest BCUT2D eigenvalue weighted by molar-refractivity contribution is 0.0911. The van der Waals surface area contributed by atoms with Crippen LogP contribution in [0.3, 0.4) is 0 Å². The van der Waals surface area contributed by atoms with Crippen molar-refractivity contribution in [3.8, 4) is 10.6 Å². The van der Waals surface area contributed by atoms with Crippen LogP contribution in [0.1, 0.15) is 39.6 Å². The summed E-state index contributed by atoms with van der Waals surface area (Å²) in [6.45, 7) is 6.70. The van der Waals surface area contributed by atoms with Gasteiger partial charge in [0.2, 0.25) is 0 Å². The Kier molecular flexibility index (Phi) is 5.56. The van der Waals surface area contributed by atoms with Crippen molar-refractivity contribution in [1.29, 1.82) is 0 Å². The second-order valence-corrected chi connectivity index (χ2v) is 8.91. The summed E-state index contributed by atoms with van der Waals surface area (Å²) in [6.07, 6.45) is 1.92. The van der Waals surface area contributed by atoms with Gasteiger partial charge in [0.25, 0.3) is 5.91 Å². The number of amides is 1. The Morgan fingerprint density at radius 1 is 1.18 bits per heavy atom. The molecule has 0 unspecified atom stereocenters. The number of piperidine rings is 1. The van der Waals surface area contributed by atoms with E-state index < -0.39 is 0 Å². The molecule has 0 spiro atoms. The number of aryl methyl sites for hydroxylation is 3. The number of nitrogens with zero attached hydrogens (tertiary/aromatic N) is 5. The molecule has 4 heterocycles. The van der Waals surface area contributed by atoms with E-state index in [1.54, 1.807) is 16.8 Å². The standard InChI is InChI=1S/C19H24N6OS2/c1-12-17(27-10-20-12)16-8-15(24(3)23-16)9-25-6-4-14(5-7-25)22-19(26)18-13(2)21-11-28-18/h8,10-11,14H,4-7,9H2,1-3H3,(H,22,26). The Hall–Kier alpha value is -2.10. The van der Waals surface area contributed by atoms with Gasteiger partial charge in [0.15, 0.2) is 0 Å². The van der Waals surface area contributed by atoms with Gasteiger partial charge in [0.05, 0.1) is 33.0 Å². The normalized spacial score (nSPS) is 15.8. The average molecular weight is 417 g/mol. The summed E-state index contributed by atoms with van der Waals surface area (Å²) in [4.78, 5) is 25.2. The lowest BCUT2D eigenvalue weighted by atomic mass is 10.0. The molecule has 0 radical (unpaired) electrons. The third-order valence-corrected chi connectivity index (χ3v) is 7.09. The zero-order valence-corrected chi connectivity index (χ0v) is 17.9. The van der Waals surface area contributed by atoms with Gasteiger partial charge >= 0.3 is 0 Å². The third kappa shape index (κ3) is 4.01. The molecule has 1 aliphatic heterocycles. The molecule has 1 fully saturated rings. The fraction of sp³-hybridized carbons (Fsp3) is 0.474. The van der Waals surface area contributed by atoms with Gasteiger partial charge in [-0.3, -0.25) is 14.4 Å². The molecule has 28 heavy (non-hydrogen) atoms. The Morgan fingerprint density at radius 2 is 1.89 bits per heavy atom. The second-order valence-electron chi connectivity index (χ2n) is 7.20. The van der Waals surface area contributed by atoms with Gasteiger partial charge in [-0.05, 0) is 32.8 Å². The topological polar surface area (TPSA) is 75.9 Å². The average Bonchev–Trinajstić information content (AvgIpc) is 3.37. The summed E-state index contributed by atoms with van der Waals surface area (Å²) in [5.41, 5.74) is 7.63. The number of rotatable bonds is 5. The van der Waals surface area contributed by atoms with Crippen LogP contribution in [0.15, 0.2) is 17.1 Å². The quantitative estimate of drug-likeness (QED) is 0.692. The van der Waals surface area contributed by atoms with Gasteiger partial charge in [0.1, 0.15) is 10.6 Å². The molecule has 0 aromatic carbocycles. The number of likely N-dealkylation sites (tertiary alicyclic amines) is 1. The summed E-state index contributed by atoms with van der Waals surface area (Å²) in [5.74, 6) is 0.00894. The third-order valence-electron chi connectivity index (χ3n) is 5.22. The van der Waals surface area contributed by atoms with E-state index in [1.807, 2.05) is 31.1 Å². The Balaban J connectivity index is 1.32. The van der Waals surface area contributed by atoms with Gasteiger partial charge < -0.3 is 5.32 Å². The van der Waals surface area contributed by atoms with Crippen molar-refractivity contribution < 1.29 is 4.79 Å². The molecule has 3 aromatic rings. The molecule has 1 N–H and O–H groups in total. The van der Waals surface area contributed by atoms with Gasteiger partial charge in [-0.25, -0.2) is 9.97 Å². The number of hydrogen-bond acceptors (Lipinski definition) is 7. The maximum Gasteiger partial charge on any atom is 0.263 e. The first kappa shape index (κ1) is 19.2. The maximum absolute atomic E-state index is 12.4. The summed E-state index contributed by atoms with van der Waals surface area (Å²) in [5, 5.41) is 7.84. The van der Waals surface area contributed by atoms with Crippen molar-refractivity contribution >= 4 is 28.6 Å². The number of nitrogens with one attached hydrogen (secondary N) is 1. The minimum Gasteiger partial charge on any atom is -0.348 e. The predicted molar refractivity (Wildman–Crippen MR) is 112 cm³/mol. The van der Waals surface area contributed by atoms with Crippen molar-refractivity contribution in [2.75, 3.05) is 13.1 Å². The number of thiazole rings is 2. The molecule has 0 atom stereocenters. The largest absolute Gasteiger partial charge is 0.348 e. The molecule has 7 nitrogen and oxygen atoms in total. The SMILES string of the molecule is Cc1ncsc1C(=O)NC1CCN(Cc2cc(-c3scnc3C)nn2C)CC1. The molecule has 0 saturated carbocycles. The van der Waals surface area contributed by atoms with E-state index in [9.17, 15) is 4.79 Å². The number of hydrogen-bond donors (Lipinski definition) is 1. The maximum atomic E-state index is 12.4. The lowest BCUT2D eigenvalue weighted by Crippen LogP contribution is -2.44. The van der Waals surface area contributed by atoms with Crippen molar-refractivity contribution in [1.82, 2.24) is 30.0 Å². The molecule has 148 valence electrons. The van der Waals surface area contributed by atoms with E-state index in [0.717, 1.165) is 59.3 Å². The molecule has 1 saturated heterocycles. The predicted octanol–water partition coefficient (Wildman–Crippen LogP) is 3.01. The summed E-state index contributed by atoms with van der Waals surface area (Å²) >= 11 is 3.04. The highest BCUT2D eigenvalue weighted by molar-refractivity contribution is 7.13. The molecule has 3 aromatic heterocycles. The molecule has 4 rings (SSSR count). The number of aromatic nitrogens is 4. The van der Waals surface area contributed by atoms with Crippen LogP contribution < -0.4 is 5.32 Å². The number of carbonyl (C=O) groups is 1. The highest BCUT2D eigenvalue weighted by atomic mass is 32.1. The van der Waals surface area contributed by atoms with Crippen LogP contribution >= 0.6 is 22.7 Å². The summed E-state index contributed by atoms with van der Waals surface area (Å²) in [7, 11) is 2.00. The first-order valence-electron chi connectivity index (χ1n) is 9.38. The van der Waals surface area contributed by atoms with Gasteiger partial charge in [-0.15, -0.1) is 22.7 Å². The van der Waals surface area contributed by atoms with Crippen LogP contribution in [0.2, 0.25) is 0 Å². The fourth-order valence-electron chi connectivity index (χ4n) is 3.55. The van der Waals surface area contributed by atoms with Crippen molar-refractivity contribution in [2.24, 2.45) is 7.05 Å². The van der Waals surface area contributed by atoms with Crippen LogP contribution in [0.5, 0.6) is 0 Å². The molecule has 1 amide bonds. The highest BCUT2D eigenvalue weighted by Gasteiger charge is 2.23. The minimum atomic E-state index is 0.00894. The molecule has 0 aliphatic carbocycles. The zero-order chi connectivity index (χ0) is 19.7.